The van der Waals surface area contributed by atoms with E-state index >= 15 is 0 Å². The minimum absolute atomic E-state index is 0.420. The van der Waals surface area contributed by atoms with Gasteiger partial charge in [-0.25, -0.2) is 9.97 Å². The van der Waals surface area contributed by atoms with Crippen LogP contribution in [-0.4, -0.2) is 16.5 Å². The van der Waals surface area contributed by atoms with E-state index in [1.165, 1.54) is 6.33 Å². The van der Waals surface area contributed by atoms with Crippen molar-refractivity contribution in [3.05, 3.63) is 22.2 Å². The first-order chi connectivity index (χ1) is 5.75. The zero-order valence-electron chi connectivity index (χ0n) is 6.43. The van der Waals surface area contributed by atoms with Gasteiger partial charge in [-0.2, -0.15) is 0 Å². The van der Waals surface area contributed by atoms with Gasteiger partial charge < -0.3 is 5.73 Å². The van der Waals surface area contributed by atoms with Gasteiger partial charge in [0.05, 0.1) is 0 Å². The number of nitrogens with two attached hydrogens (primary N) is 1. The van der Waals surface area contributed by atoms with E-state index in [0.717, 1.165) is 18.4 Å². The van der Waals surface area contributed by atoms with E-state index in [9.17, 15) is 0 Å². The smallest absolute Gasteiger partial charge is 0.137 e. The zero-order valence-corrected chi connectivity index (χ0v) is 7.94. The highest BCUT2D eigenvalue weighted by molar-refractivity contribution is 6.34. The van der Waals surface area contributed by atoms with E-state index in [-0.39, 0.29) is 0 Å². The number of halogens is 2. The van der Waals surface area contributed by atoms with Crippen molar-refractivity contribution in [1.29, 1.82) is 0 Å². The molecule has 0 aliphatic rings. The maximum Gasteiger partial charge on any atom is 0.137 e. The summed E-state index contributed by atoms with van der Waals surface area (Å²) in [7, 11) is 0. The maximum atomic E-state index is 5.79. The van der Waals surface area contributed by atoms with Crippen LogP contribution in [0.25, 0.3) is 0 Å². The average molecular weight is 206 g/mol. The van der Waals surface area contributed by atoms with Gasteiger partial charge in [0.2, 0.25) is 0 Å². The molecule has 0 spiro atoms. The molecule has 0 unspecified atom stereocenters. The molecule has 3 nitrogen and oxygen atoms in total. The summed E-state index contributed by atoms with van der Waals surface area (Å²) < 4.78 is 0. The van der Waals surface area contributed by atoms with Crippen LogP contribution in [0.5, 0.6) is 0 Å². The van der Waals surface area contributed by atoms with Crippen LogP contribution in [0.4, 0.5) is 0 Å². The second kappa shape index (κ2) is 4.60. The van der Waals surface area contributed by atoms with Gasteiger partial charge in [0.1, 0.15) is 16.6 Å². The Kier molecular flexibility index (Phi) is 3.72. The fourth-order valence-electron chi connectivity index (χ4n) is 0.856. The van der Waals surface area contributed by atoms with Gasteiger partial charge in [-0.3, -0.25) is 0 Å². The van der Waals surface area contributed by atoms with Gasteiger partial charge in [-0.1, -0.05) is 23.2 Å². The molecule has 0 aliphatic heterocycles. The molecule has 5 heteroatoms. The Morgan fingerprint density at radius 1 is 1.25 bits per heavy atom. The molecule has 1 aromatic rings. The molecular formula is C7H9Cl2N3. The standard InChI is InChI=1S/C7H9Cl2N3/c8-6-5(2-1-3-10)7(9)12-4-11-6/h4H,1-3,10H2. The van der Waals surface area contributed by atoms with Crippen LogP contribution in [0.2, 0.25) is 10.3 Å². The van der Waals surface area contributed by atoms with E-state index < -0.39 is 0 Å². The Morgan fingerprint density at radius 2 is 1.83 bits per heavy atom. The topological polar surface area (TPSA) is 51.8 Å². The van der Waals surface area contributed by atoms with Crippen molar-refractivity contribution in [2.75, 3.05) is 6.54 Å². The third-order valence-corrected chi connectivity index (χ3v) is 2.12. The minimum Gasteiger partial charge on any atom is -0.330 e. The summed E-state index contributed by atoms with van der Waals surface area (Å²) in [6, 6.07) is 0. The first-order valence-electron chi connectivity index (χ1n) is 3.60. The third-order valence-electron chi connectivity index (χ3n) is 1.47. The van der Waals surface area contributed by atoms with Crippen LogP contribution >= 0.6 is 23.2 Å². The highest BCUT2D eigenvalue weighted by Gasteiger charge is 2.06. The van der Waals surface area contributed by atoms with Crippen LogP contribution in [0, 0.1) is 0 Å². The quantitative estimate of drug-likeness (QED) is 0.765. The lowest BCUT2D eigenvalue weighted by Crippen LogP contribution is -2.02. The van der Waals surface area contributed by atoms with Crippen molar-refractivity contribution in [2.24, 2.45) is 5.73 Å². The highest BCUT2D eigenvalue weighted by atomic mass is 35.5. The number of hydrogen-bond acceptors (Lipinski definition) is 3. The molecule has 0 fully saturated rings. The molecule has 1 aromatic heterocycles. The fraction of sp³-hybridized carbons (Fsp3) is 0.429. The van der Waals surface area contributed by atoms with Crippen molar-refractivity contribution >= 4 is 23.2 Å². The first-order valence-corrected chi connectivity index (χ1v) is 4.36. The predicted octanol–water partition coefficient (Wildman–Crippen LogP) is 1.67. The van der Waals surface area contributed by atoms with Crippen LogP contribution in [0.15, 0.2) is 6.33 Å². The molecule has 2 N–H and O–H groups in total. The average Bonchev–Trinajstić information content (AvgIpc) is 2.04. The summed E-state index contributed by atoms with van der Waals surface area (Å²) >= 11 is 11.6. The Bertz CT molecular complexity index is 245. The summed E-state index contributed by atoms with van der Waals surface area (Å²) in [5.74, 6) is 0. The van der Waals surface area contributed by atoms with Crippen LogP contribution in [-0.2, 0) is 6.42 Å². The highest BCUT2D eigenvalue weighted by Crippen LogP contribution is 2.20. The van der Waals surface area contributed by atoms with Gasteiger partial charge >= 0.3 is 0 Å². The monoisotopic (exact) mass is 205 g/mol. The molecule has 1 heterocycles. The van der Waals surface area contributed by atoms with Crippen molar-refractivity contribution in [1.82, 2.24) is 9.97 Å². The van der Waals surface area contributed by atoms with Gasteiger partial charge in [-0.05, 0) is 19.4 Å². The molecule has 0 aliphatic carbocycles. The van der Waals surface area contributed by atoms with Crippen molar-refractivity contribution in [3.63, 3.8) is 0 Å². The second-order valence-corrected chi connectivity index (χ2v) is 3.04. The molecule has 66 valence electrons. The maximum absolute atomic E-state index is 5.79. The van der Waals surface area contributed by atoms with Crippen molar-refractivity contribution in [3.8, 4) is 0 Å². The number of aromatic nitrogens is 2. The summed E-state index contributed by atoms with van der Waals surface area (Å²) in [6.45, 7) is 0.613. The van der Waals surface area contributed by atoms with Gasteiger partial charge in [0.15, 0.2) is 0 Å². The summed E-state index contributed by atoms with van der Waals surface area (Å²) in [6.07, 6.45) is 2.92. The SMILES string of the molecule is NCCCc1c(Cl)ncnc1Cl. The lowest BCUT2D eigenvalue weighted by Gasteiger charge is -2.02. The molecule has 0 saturated heterocycles. The van der Waals surface area contributed by atoms with Crippen LogP contribution in [0.3, 0.4) is 0 Å². The van der Waals surface area contributed by atoms with Crippen LogP contribution in [0.1, 0.15) is 12.0 Å². The third kappa shape index (κ3) is 2.30. The van der Waals surface area contributed by atoms with Crippen LogP contribution < -0.4 is 5.73 Å². The number of rotatable bonds is 3. The Hall–Kier alpha value is -0.380. The second-order valence-electron chi connectivity index (χ2n) is 2.33. The van der Waals surface area contributed by atoms with Crippen molar-refractivity contribution in [2.45, 2.75) is 12.8 Å². The van der Waals surface area contributed by atoms with Gasteiger partial charge in [0.25, 0.3) is 0 Å². The minimum atomic E-state index is 0.420. The Labute approximate surface area is 80.9 Å². The van der Waals surface area contributed by atoms with Gasteiger partial charge in [0, 0.05) is 5.56 Å². The normalized spacial score (nSPS) is 10.2. The zero-order chi connectivity index (χ0) is 8.97. The molecule has 0 saturated carbocycles. The Balaban J connectivity index is 2.81. The lowest BCUT2D eigenvalue weighted by atomic mass is 10.2. The molecule has 0 atom stereocenters. The predicted molar refractivity (Wildman–Crippen MR) is 49.4 cm³/mol. The van der Waals surface area contributed by atoms with E-state index in [0.29, 0.717) is 16.9 Å². The summed E-state index contributed by atoms with van der Waals surface area (Å²) in [5.41, 5.74) is 6.13. The summed E-state index contributed by atoms with van der Waals surface area (Å²) in [5, 5.41) is 0.840. The van der Waals surface area contributed by atoms with E-state index in [2.05, 4.69) is 9.97 Å². The number of nitrogens with zero attached hydrogens (tertiary/aromatic N) is 2. The molecule has 0 amide bonds. The molecule has 0 aromatic carbocycles. The molecule has 1 rings (SSSR count). The molecule has 0 radical (unpaired) electrons. The first kappa shape index (κ1) is 9.71. The summed E-state index contributed by atoms with van der Waals surface area (Å²) in [4.78, 5) is 7.64. The largest absolute Gasteiger partial charge is 0.330 e. The fourth-order valence-corrected chi connectivity index (χ4v) is 1.36. The van der Waals surface area contributed by atoms with Crippen molar-refractivity contribution < 1.29 is 0 Å². The van der Waals surface area contributed by atoms with E-state index in [4.69, 9.17) is 28.9 Å². The number of hydrogen-bond donors (Lipinski definition) is 1. The molecule has 0 bridgehead atoms. The van der Waals surface area contributed by atoms with Gasteiger partial charge in [-0.15, -0.1) is 0 Å². The molecule has 12 heavy (non-hydrogen) atoms. The molecular weight excluding hydrogens is 197 g/mol. The Morgan fingerprint density at radius 3 is 2.33 bits per heavy atom. The lowest BCUT2D eigenvalue weighted by molar-refractivity contribution is 0.823. The van der Waals surface area contributed by atoms with E-state index in [1.807, 2.05) is 0 Å². The van der Waals surface area contributed by atoms with E-state index in [1.54, 1.807) is 0 Å².